The van der Waals surface area contributed by atoms with Crippen LogP contribution in [-0.2, 0) is 12.8 Å². The molecule has 0 aliphatic rings. The van der Waals surface area contributed by atoms with Crippen molar-refractivity contribution in [1.82, 2.24) is 29.9 Å². The zero-order chi connectivity index (χ0) is 21.8. The molecule has 0 aliphatic carbocycles. The second-order valence-corrected chi connectivity index (χ2v) is 6.75. The van der Waals surface area contributed by atoms with Gasteiger partial charge in [0.05, 0.1) is 31.4 Å². The third-order valence-electron chi connectivity index (χ3n) is 4.71. The highest BCUT2D eigenvalue weighted by atomic mass is 19.1. The highest BCUT2D eigenvalue weighted by Gasteiger charge is 2.15. The van der Waals surface area contributed by atoms with Crippen LogP contribution in [0, 0.1) is 5.82 Å². The zero-order valence-corrected chi connectivity index (χ0v) is 17.0. The molecule has 31 heavy (non-hydrogen) atoms. The number of halogens is 1. The Hall–Kier alpha value is -4.08. The number of hydrogen-bond donors (Lipinski definition) is 2. The average Bonchev–Trinajstić information content (AvgIpc) is 3.26. The molecule has 0 spiro atoms. The summed E-state index contributed by atoms with van der Waals surface area (Å²) in [5.74, 6) is -0.335. The van der Waals surface area contributed by atoms with Crippen molar-refractivity contribution in [3.05, 3.63) is 71.7 Å². The Bertz CT molecular complexity index is 1220. The minimum atomic E-state index is -0.476. The number of anilines is 2. The lowest BCUT2D eigenvalue weighted by atomic mass is 10.0. The molecule has 0 aliphatic heterocycles. The lowest BCUT2D eigenvalue weighted by Gasteiger charge is -2.11. The van der Waals surface area contributed by atoms with Gasteiger partial charge in [0, 0.05) is 31.1 Å². The maximum Gasteiger partial charge on any atom is 0.251 e. The smallest absolute Gasteiger partial charge is 0.251 e. The molecule has 4 aromatic rings. The Morgan fingerprint density at radius 1 is 1.16 bits per heavy atom. The van der Waals surface area contributed by atoms with Gasteiger partial charge in [-0.3, -0.25) is 4.79 Å². The zero-order valence-electron chi connectivity index (χ0n) is 17.0. The molecule has 3 heterocycles. The number of methoxy groups -OCH3 is 1. The highest BCUT2D eigenvalue weighted by Crippen LogP contribution is 2.24. The van der Waals surface area contributed by atoms with Crippen LogP contribution in [0.2, 0.25) is 0 Å². The Kier molecular flexibility index (Phi) is 5.69. The molecule has 10 heteroatoms. The maximum absolute atomic E-state index is 14.6. The SMILES string of the molecule is CNC(=O)c1cc(CCc2cnc(Nc3cnc4ccnn4c3)nc2)c(F)c(OC)c1. The number of carbonyl (C=O) groups excluding carboxylic acids is 1. The molecule has 158 valence electrons. The van der Waals surface area contributed by atoms with Crippen LogP contribution in [0.25, 0.3) is 5.65 Å². The molecule has 9 nitrogen and oxygen atoms in total. The second-order valence-electron chi connectivity index (χ2n) is 6.75. The van der Waals surface area contributed by atoms with E-state index in [0.29, 0.717) is 35.6 Å². The van der Waals surface area contributed by atoms with Crippen LogP contribution in [0.5, 0.6) is 5.75 Å². The monoisotopic (exact) mass is 421 g/mol. The largest absolute Gasteiger partial charge is 0.494 e. The molecule has 2 N–H and O–H groups in total. The summed E-state index contributed by atoms with van der Waals surface area (Å²) >= 11 is 0. The average molecular weight is 421 g/mol. The van der Waals surface area contributed by atoms with Gasteiger partial charge in [-0.15, -0.1) is 0 Å². The molecule has 0 fully saturated rings. The van der Waals surface area contributed by atoms with Gasteiger partial charge in [0.1, 0.15) is 0 Å². The number of rotatable bonds is 7. The Balaban J connectivity index is 1.45. The fourth-order valence-corrected chi connectivity index (χ4v) is 3.09. The fourth-order valence-electron chi connectivity index (χ4n) is 3.09. The first kappa shape index (κ1) is 20.2. The lowest BCUT2D eigenvalue weighted by molar-refractivity contribution is 0.0962. The number of nitrogens with zero attached hydrogens (tertiary/aromatic N) is 5. The second kappa shape index (κ2) is 8.74. The van der Waals surface area contributed by atoms with E-state index in [9.17, 15) is 9.18 Å². The molecule has 0 atom stereocenters. The number of carbonyl (C=O) groups is 1. The van der Waals surface area contributed by atoms with Crippen molar-refractivity contribution < 1.29 is 13.9 Å². The summed E-state index contributed by atoms with van der Waals surface area (Å²) < 4.78 is 21.3. The number of nitrogens with one attached hydrogen (secondary N) is 2. The van der Waals surface area contributed by atoms with Crippen LogP contribution < -0.4 is 15.4 Å². The van der Waals surface area contributed by atoms with Crippen LogP contribution in [0.4, 0.5) is 16.0 Å². The Morgan fingerprint density at radius 2 is 1.97 bits per heavy atom. The van der Waals surface area contributed by atoms with E-state index in [2.05, 4.69) is 30.7 Å². The summed E-state index contributed by atoms with van der Waals surface area (Å²) in [6.07, 6.45) is 9.33. The van der Waals surface area contributed by atoms with Crippen molar-refractivity contribution in [2.45, 2.75) is 12.8 Å². The lowest BCUT2D eigenvalue weighted by Crippen LogP contribution is -2.18. The summed E-state index contributed by atoms with van der Waals surface area (Å²) in [6.45, 7) is 0. The van der Waals surface area contributed by atoms with Crippen LogP contribution in [-0.4, -0.2) is 44.6 Å². The quantitative estimate of drug-likeness (QED) is 0.472. The van der Waals surface area contributed by atoms with Gasteiger partial charge >= 0.3 is 0 Å². The summed E-state index contributed by atoms with van der Waals surface area (Å²) in [4.78, 5) is 24.8. The van der Waals surface area contributed by atoms with Crippen LogP contribution in [0.15, 0.2) is 49.2 Å². The molecular formula is C21H20FN7O2. The molecule has 0 saturated carbocycles. The van der Waals surface area contributed by atoms with Crippen molar-refractivity contribution in [1.29, 1.82) is 0 Å². The van der Waals surface area contributed by atoms with Crippen molar-refractivity contribution >= 4 is 23.2 Å². The van der Waals surface area contributed by atoms with E-state index in [1.807, 2.05) is 0 Å². The summed E-state index contributed by atoms with van der Waals surface area (Å²) in [6, 6.07) is 4.72. The topological polar surface area (TPSA) is 106 Å². The van der Waals surface area contributed by atoms with Crippen LogP contribution >= 0.6 is 0 Å². The van der Waals surface area contributed by atoms with E-state index in [-0.39, 0.29) is 11.7 Å². The summed E-state index contributed by atoms with van der Waals surface area (Å²) in [7, 11) is 2.89. The van der Waals surface area contributed by atoms with Gasteiger partial charge in [-0.05, 0) is 36.1 Å². The van der Waals surface area contributed by atoms with Crippen LogP contribution in [0.3, 0.4) is 0 Å². The summed E-state index contributed by atoms with van der Waals surface area (Å²) in [5, 5.41) is 9.74. The number of aromatic nitrogens is 5. The minimum absolute atomic E-state index is 0.0367. The van der Waals surface area contributed by atoms with Gasteiger partial charge in [0.2, 0.25) is 5.95 Å². The normalized spacial score (nSPS) is 10.8. The van der Waals surface area contributed by atoms with Gasteiger partial charge in [0.25, 0.3) is 5.91 Å². The fraction of sp³-hybridized carbons (Fsp3) is 0.190. The number of benzene rings is 1. The molecule has 3 aromatic heterocycles. The van der Waals surface area contributed by atoms with Gasteiger partial charge in [0.15, 0.2) is 17.2 Å². The molecule has 0 saturated heterocycles. The van der Waals surface area contributed by atoms with E-state index >= 15 is 0 Å². The number of amides is 1. The standard InChI is InChI=1S/C21H20FN7O2/c1-23-20(30)15-7-14(19(22)17(8-15)31-2)4-3-13-9-25-21(26-10-13)28-16-11-24-18-5-6-27-29(18)12-16/h5-12H,3-4H2,1-2H3,(H,23,30)(H,25,26,28). The first-order valence-electron chi connectivity index (χ1n) is 9.53. The molecule has 0 unspecified atom stereocenters. The van der Waals surface area contributed by atoms with Crippen LogP contribution in [0.1, 0.15) is 21.5 Å². The summed E-state index contributed by atoms with van der Waals surface area (Å²) in [5.41, 5.74) is 3.00. The minimum Gasteiger partial charge on any atom is -0.494 e. The highest BCUT2D eigenvalue weighted by molar-refractivity contribution is 5.94. The van der Waals surface area contributed by atoms with E-state index in [1.54, 1.807) is 41.6 Å². The number of fused-ring (bicyclic) bond motifs is 1. The third kappa shape index (κ3) is 4.42. The van der Waals surface area contributed by atoms with Crippen molar-refractivity contribution in [2.75, 3.05) is 19.5 Å². The van der Waals surface area contributed by atoms with E-state index in [1.165, 1.54) is 26.3 Å². The molecule has 0 bridgehead atoms. The Labute approximate surface area is 177 Å². The first-order chi connectivity index (χ1) is 15.1. The van der Waals surface area contributed by atoms with Gasteiger partial charge in [-0.25, -0.2) is 23.9 Å². The molecule has 1 aromatic carbocycles. The predicted molar refractivity (Wildman–Crippen MR) is 112 cm³/mol. The Morgan fingerprint density at radius 3 is 2.71 bits per heavy atom. The van der Waals surface area contributed by atoms with E-state index in [4.69, 9.17) is 4.74 Å². The van der Waals surface area contributed by atoms with E-state index in [0.717, 1.165) is 11.2 Å². The van der Waals surface area contributed by atoms with Crippen molar-refractivity contribution in [2.24, 2.45) is 0 Å². The first-order valence-corrected chi connectivity index (χ1v) is 9.53. The number of aryl methyl sites for hydroxylation is 2. The molecular weight excluding hydrogens is 401 g/mol. The predicted octanol–water partition coefficient (Wildman–Crippen LogP) is 2.56. The van der Waals surface area contributed by atoms with Gasteiger partial charge < -0.3 is 15.4 Å². The maximum atomic E-state index is 14.6. The van der Waals surface area contributed by atoms with Crippen molar-refractivity contribution in [3.63, 3.8) is 0 Å². The molecule has 4 rings (SSSR count). The van der Waals surface area contributed by atoms with Crippen molar-refractivity contribution in [3.8, 4) is 5.75 Å². The third-order valence-corrected chi connectivity index (χ3v) is 4.71. The number of hydrogen-bond acceptors (Lipinski definition) is 7. The molecule has 1 amide bonds. The number of ether oxygens (including phenoxy) is 1. The van der Waals surface area contributed by atoms with Gasteiger partial charge in [-0.1, -0.05) is 0 Å². The van der Waals surface area contributed by atoms with E-state index < -0.39 is 5.82 Å². The molecule has 0 radical (unpaired) electrons. The van der Waals surface area contributed by atoms with Gasteiger partial charge in [-0.2, -0.15) is 5.10 Å².